The van der Waals surface area contributed by atoms with Gasteiger partial charge in [-0.15, -0.1) is 0 Å². The fourth-order valence-electron chi connectivity index (χ4n) is 1.33. The maximum atomic E-state index is 12.3. The van der Waals surface area contributed by atoms with Gasteiger partial charge in [0.15, 0.2) is 0 Å². The smallest absolute Gasteiger partial charge is 0.249 e. The van der Waals surface area contributed by atoms with Crippen molar-refractivity contribution in [1.82, 2.24) is 14.8 Å². The first-order valence-electron chi connectivity index (χ1n) is 4.61. The molecule has 0 N–H and O–H groups in total. The lowest BCUT2D eigenvalue weighted by Crippen LogP contribution is -2.01. The van der Waals surface area contributed by atoms with E-state index in [-0.39, 0.29) is 0 Å². The topological polar surface area (TPSA) is 30.7 Å². The molecular formula is C10H9F2N3S. The van der Waals surface area contributed by atoms with Crippen molar-refractivity contribution in [2.75, 3.05) is 0 Å². The Balaban J connectivity index is 2.19. The number of halogens is 2. The van der Waals surface area contributed by atoms with E-state index in [0.717, 1.165) is 5.56 Å². The zero-order chi connectivity index (χ0) is 11.4. The Morgan fingerprint density at radius 2 is 2.12 bits per heavy atom. The second-order valence-corrected chi connectivity index (χ2v) is 4.11. The van der Waals surface area contributed by atoms with Gasteiger partial charge in [-0.1, -0.05) is 30.0 Å². The third kappa shape index (κ3) is 2.79. The molecule has 0 aliphatic heterocycles. The lowest BCUT2D eigenvalue weighted by atomic mass is 10.2. The van der Waals surface area contributed by atoms with Crippen molar-refractivity contribution in [2.24, 2.45) is 0 Å². The molecule has 0 spiro atoms. The lowest BCUT2D eigenvalue weighted by molar-refractivity contribution is 0.252. The van der Waals surface area contributed by atoms with Crippen LogP contribution in [0, 0.1) is 0 Å². The molecular weight excluding hydrogens is 232 g/mol. The maximum Gasteiger partial charge on any atom is 0.288 e. The highest BCUT2D eigenvalue weighted by Gasteiger charge is 2.09. The van der Waals surface area contributed by atoms with Gasteiger partial charge in [0, 0.05) is 4.90 Å². The number of benzene rings is 1. The van der Waals surface area contributed by atoms with E-state index < -0.39 is 5.76 Å². The lowest BCUT2D eigenvalue weighted by Gasteiger charge is -2.07. The van der Waals surface area contributed by atoms with Gasteiger partial charge in [-0.25, -0.2) is 9.67 Å². The van der Waals surface area contributed by atoms with Crippen LogP contribution in [0.2, 0.25) is 0 Å². The molecule has 0 fully saturated rings. The van der Waals surface area contributed by atoms with Crippen molar-refractivity contribution < 1.29 is 8.78 Å². The summed E-state index contributed by atoms with van der Waals surface area (Å²) in [6.45, 7) is 0.454. The molecule has 0 bridgehead atoms. The van der Waals surface area contributed by atoms with E-state index in [4.69, 9.17) is 0 Å². The van der Waals surface area contributed by atoms with Crippen LogP contribution in [-0.2, 0) is 6.54 Å². The summed E-state index contributed by atoms with van der Waals surface area (Å²) in [4.78, 5) is 4.38. The highest BCUT2D eigenvalue weighted by Crippen LogP contribution is 2.28. The summed E-state index contributed by atoms with van der Waals surface area (Å²) in [7, 11) is 0. The highest BCUT2D eigenvalue weighted by atomic mass is 32.2. The van der Waals surface area contributed by atoms with Gasteiger partial charge >= 0.3 is 0 Å². The number of aromatic nitrogens is 3. The zero-order valence-electron chi connectivity index (χ0n) is 8.25. The summed E-state index contributed by atoms with van der Waals surface area (Å²) >= 11 is 0.552. The Bertz CT molecular complexity index is 445. The number of nitrogens with zero attached hydrogens (tertiary/aromatic N) is 3. The van der Waals surface area contributed by atoms with Gasteiger partial charge in [-0.05, 0) is 11.6 Å². The normalized spacial score (nSPS) is 10.9. The van der Waals surface area contributed by atoms with E-state index in [1.165, 1.54) is 6.33 Å². The van der Waals surface area contributed by atoms with E-state index in [1.807, 2.05) is 12.1 Å². The summed E-state index contributed by atoms with van der Waals surface area (Å²) in [5.41, 5.74) is 0.818. The van der Waals surface area contributed by atoms with Crippen molar-refractivity contribution in [1.29, 1.82) is 0 Å². The molecule has 0 aliphatic rings. The molecule has 16 heavy (non-hydrogen) atoms. The Hall–Kier alpha value is -1.43. The van der Waals surface area contributed by atoms with Crippen LogP contribution in [0.3, 0.4) is 0 Å². The van der Waals surface area contributed by atoms with Crippen LogP contribution in [0.1, 0.15) is 5.56 Å². The SMILES string of the molecule is FC(F)Sc1ccccc1Cn1cncn1. The minimum atomic E-state index is -2.41. The zero-order valence-corrected chi connectivity index (χ0v) is 9.07. The minimum Gasteiger partial charge on any atom is -0.249 e. The average molecular weight is 241 g/mol. The number of thioether (sulfide) groups is 1. The largest absolute Gasteiger partial charge is 0.288 e. The van der Waals surface area contributed by atoms with Gasteiger partial charge in [-0.2, -0.15) is 13.9 Å². The fourth-order valence-corrected chi connectivity index (χ4v) is 1.97. The second-order valence-electron chi connectivity index (χ2n) is 3.08. The van der Waals surface area contributed by atoms with E-state index >= 15 is 0 Å². The standard InChI is InChI=1S/C10H9F2N3S/c11-10(12)16-9-4-2-1-3-8(9)5-15-7-13-6-14-15/h1-4,6-7,10H,5H2. The Morgan fingerprint density at radius 3 is 2.81 bits per heavy atom. The molecule has 2 aromatic rings. The molecule has 1 aromatic heterocycles. The van der Waals surface area contributed by atoms with Crippen LogP contribution in [0.15, 0.2) is 41.8 Å². The van der Waals surface area contributed by atoms with Crippen LogP contribution < -0.4 is 0 Å². The van der Waals surface area contributed by atoms with Crippen molar-refractivity contribution in [3.8, 4) is 0 Å². The van der Waals surface area contributed by atoms with E-state index in [0.29, 0.717) is 23.2 Å². The van der Waals surface area contributed by atoms with Crippen molar-refractivity contribution in [3.63, 3.8) is 0 Å². The molecule has 1 heterocycles. The molecule has 0 amide bonds. The van der Waals surface area contributed by atoms with E-state index in [1.54, 1.807) is 23.1 Å². The van der Waals surface area contributed by atoms with Crippen LogP contribution >= 0.6 is 11.8 Å². The fraction of sp³-hybridized carbons (Fsp3) is 0.200. The molecule has 0 atom stereocenters. The predicted octanol–water partition coefficient (Wildman–Crippen LogP) is 2.64. The van der Waals surface area contributed by atoms with Gasteiger partial charge in [0.25, 0.3) is 5.76 Å². The molecule has 84 valence electrons. The van der Waals surface area contributed by atoms with Gasteiger partial charge in [0.05, 0.1) is 6.54 Å². The van der Waals surface area contributed by atoms with Crippen LogP contribution in [0.25, 0.3) is 0 Å². The van der Waals surface area contributed by atoms with Crippen LogP contribution in [0.5, 0.6) is 0 Å². The number of hydrogen-bond donors (Lipinski definition) is 0. The molecule has 3 nitrogen and oxygen atoms in total. The van der Waals surface area contributed by atoms with Crippen molar-refractivity contribution in [3.05, 3.63) is 42.5 Å². The number of hydrogen-bond acceptors (Lipinski definition) is 3. The third-order valence-electron chi connectivity index (χ3n) is 1.99. The summed E-state index contributed by atoms with van der Waals surface area (Å²) < 4.78 is 26.2. The molecule has 2 rings (SSSR count). The van der Waals surface area contributed by atoms with Crippen molar-refractivity contribution >= 4 is 11.8 Å². The summed E-state index contributed by atoms with van der Waals surface area (Å²) in [6, 6.07) is 7.06. The quantitative estimate of drug-likeness (QED) is 0.771. The molecule has 0 radical (unpaired) electrons. The minimum absolute atomic E-state index is 0.454. The molecule has 1 aromatic carbocycles. The van der Waals surface area contributed by atoms with Gasteiger partial charge < -0.3 is 0 Å². The molecule has 0 aliphatic carbocycles. The summed E-state index contributed by atoms with van der Waals surface area (Å²) in [5, 5.41) is 3.94. The first kappa shape index (κ1) is 11.1. The average Bonchev–Trinajstić information content (AvgIpc) is 2.73. The number of rotatable bonds is 4. The first-order valence-corrected chi connectivity index (χ1v) is 5.49. The van der Waals surface area contributed by atoms with Gasteiger partial charge in [0.1, 0.15) is 12.7 Å². The molecule has 0 unspecified atom stereocenters. The van der Waals surface area contributed by atoms with Gasteiger partial charge in [-0.3, -0.25) is 0 Å². The van der Waals surface area contributed by atoms with Crippen LogP contribution in [0.4, 0.5) is 8.78 Å². The number of alkyl halides is 2. The Labute approximate surface area is 95.5 Å². The van der Waals surface area contributed by atoms with Crippen molar-refractivity contribution in [2.45, 2.75) is 17.2 Å². The molecule has 6 heteroatoms. The maximum absolute atomic E-state index is 12.3. The highest BCUT2D eigenvalue weighted by molar-refractivity contribution is 7.99. The molecule has 0 saturated heterocycles. The predicted molar refractivity (Wildman–Crippen MR) is 57.4 cm³/mol. The van der Waals surface area contributed by atoms with E-state index in [9.17, 15) is 8.78 Å². The summed E-state index contributed by atoms with van der Waals surface area (Å²) in [5.74, 6) is -2.41. The second kappa shape index (κ2) is 5.07. The Kier molecular flexibility index (Phi) is 3.51. The van der Waals surface area contributed by atoms with E-state index in [2.05, 4.69) is 10.1 Å². The molecule has 0 saturated carbocycles. The summed E-state index contributed by atoms with van der Waals surface area (Å²) in [6.07, 6.45) is 2.98. The third-order valence-corrected chi connectivity index (χ3v) is 2.82. The van der Waals surface area contributed by atoms with Crippen LogP contribution in [-0.4, -0.2) is 20.5 Å². The first-order chi connectivity index (χ1) is 7.75. The monoisotopic (exact) mass is 241 g/mol. The Morgan fingerprint density at radius 1 is 1.31 bits per heavy atom. The van der Waals surface area contributed by atoms with Gasteiger partial charge in [0.2, 0.25) is 0 Å².